The fourth-order valence-electron chi connectivity index (χ4n) is 4.78. The lowest BCUT2D eigenvalue weighted by Crippen LogP contribution is -2.61. The maximum atomic E-state index is 13.1. The summed E-state index contributed by atoms with van der Waals surface area (Å²) in [5.74, 6) is -0.319. The first-order valence-electron chi connectivity index (χ1n) is 10.7. The number of aliphatic hydroxyl groups is 1. The van der Waals surface area contributed by atoms with Gasteiger partial charge in [-0.05, 0) is 69.4 Å². The molecule has 2 saturated heterocycles. The summed E-state index contributed by atoms with van der Waals surface area (Å²) >= 11 is 0. The van der Waals surface area contributed by atoms with E-state index in [2.05, 4.69) is 35.2 Å². The molecule has 0 radical (unpaired) electrons. The topological polar surface area (TPSA) is 59.0 Å². The minimum atomic E-state index is -1.16. The van der Waals surface area contributed by atoms with Gasteiger partial charge in [0.05, 0.1) is 6.61 Å². The average Bonchev–Trinajstić information content (AvgIpc) is 2.70. The summed E-state index contributed by atoms with van der Waals surface area (Å²) in [4.78, 5) is 15.2. The molecular weight excluding hydrogens is 378 g/mol. The van der Waals surface area contributed by atoms with Crippen LogP contribution in [0.1, 0.15) is 54.6 Å². The highest BCUT2D eigenvalue weighted by molar-refractivity contribution is 5.95. The third kappa shape index (κ3) is 4.23. The third-order valence-corrected chi connectivity index (χ3v) is 6.39. The van der Waals surface area contributed by atoms with E-state index >= 15 is 0 Å². The maximum absolute atomic E-state index is 13.1. The first-order valence-corrected chi connectivity index (χ1v) is 10.7. The van der Waals surface area contributed by atoms with Crippen molar-refractivity contribution in [1.29, 1.82) is 0 Å². The summed E-state index contributed by atoms with van der Waals surface area (Å²) in [5.41, 5.74) is 3.32. The van der Waals surface area contributed by atoms with E-state index in [0.29, 0.717) is 24.8 Å². The van der Waals surface area contributed by atoms with Gasteiger partial charge in [-0.15, -0.1) is 0 Å². The van der Waals surface area contributed by atoms with Crippen molar-refractivity contribution in [3.05, 3.63) is 65.2 Å². The molecule has 2 bridgehead atoms. The molecule has 1 N–H and O–H groups in total. The fraction of sp³-hybridized carbons (Fsp3) is 0.480. The largest absolute Gasteiger partial charge is 0.491 e. The Morgan fingerprint density at radius 2 is 1.90 bits per heavy atom. The molecule has 5 rings (SSSR count). The van der Waals surface area contributed by atoms with Crippen molar-refractivity contribution in [2.45, 2.75) is 57.3 Å². The molecule has 2 aromatic carbocycles. The number of hydrogen-bond acceptors (Lipinski definition) is 4. The van der Waals surface area contributed by atoms with Crippen LogP contribution in [0, 0.1) is 6.92 Å². The molecular formula is C25H31NO4. The number of piperidine rings is 2. The predicted molar refractivity (Wildman–Crippen MR) is 116 cm³/mol. The highest BCUT2D eigenvalue weighted by Crippen LogP contribution is 2.52. The molecule has 2 aromatic rings. The van der Waals surface area contributed by atoms with Crippen molar-refractivity contribution in [1.82, 2.24) is 4.90 Å². The molecule has 160 valence electrons. The Hall–Kier alpha value is -2.37. The quantitative estimate of drug-likeness (QED) is 0.553. The number of carbonyl (C=O) groups excluding carboxylic acids is 1. The smallest absolute Gasteiger partial charge is 0.254 e. The van der Waals surface area contributed by atoms with E-state index in [1.165, 1.54) is 5.56 Å². The van der Waals surface area contributed by atoms with Crippen molar-refractivity contribution < 1.29 is 19.4 Å². The van der Waals surface area contributed by atoms with Gasteiger partial charge >= 0.3 is 0 Å². The van der Waals surface area contributed by atoms with Crippen LogP contribution in [-0.4, -0.2) is 47.5 Å². The van der Waals surface area contributed by atoms with Gasteiger partial charge < -0.3 is 19.5 Å². The monoisotopic (exact) mass is 409 g/mol. The molecule has 3 aliphatic rings. The van der Waals surface area contributed by atoms with Crippen LogP contribution in [0.4, 0.5) is 0 Å². The lowest BCUT2D eigenvalue weighted by molar-refractivity contribution is -0.179. The van der Waals surface area contributed by atoms with Gasteiger partial charge in [0.2, 0.25) is 0 Å². The number of fused-ring (bicyclic) bond motifs is 2. The van der Waals surface area contributed by atoms with Gasteiger partial charge in [0.25, 0.3) is 5.91 Å². The Morgan fingerprint density at radius 3 is 2.50 bits per heavy atom. The first kappa shape index (κ1) is 20.9. The third-order valence-electron chi connectivity index (χ3n) is 6.39. The van der Waals surface area contributed by atoms with E-state index in [0.717, 1.165) is 37.1 Å². The minimum absolute atomic E-state index is 0.112. The standard InChI is InChI=1S/C25H31NO4/c1-18-15-19(9-10-22(18)29-13-14-30-24(2,3)28)23(27)26-12-11-25(16-21(26)17-25)20-7-5-4-6-8-20/h4-10,15,21,28H,11-14,16-17H2,1-3H3. The summed E-state index contributed by atoms with van der Waals surface area (Å²) in [6.45, 7) is 6.57. The SMILES string of the molecule is Cc1cc(C(=O)N2CCC3(c4ccccc4)CC2C3)ccc1OCCOC(C)(C)O. The Balaban J connectivity index is 1.35. The number of ether oxygens (including phenoxy) is 2. The van der Waals surface area contributed by atoms with Crippen LogP contribution in [0.3, 0.4) is 0 Å². The Bertz CT molecular complexity index is 892. The highest BCUT2D eigenvalue weighted by atomic mass is 16.6. The van der Waals surface area contributed by atoms with Gasteiger partial charge in [-0.3, -0.25) is 4.79 Å². The number of amides is 1. The van der Waals surface area contributed by atoms with E-state index in [9.17, 15) is 9.90 Å². The van der Waals surface area contributed by atoms with E-state index in [1.54, 1.807) is 13.8 Å². The van der Waals surface area contributed by atoms with Gasteiger partial charge in [0.15, 0.2) is 5.79 Å². The van der Waals surface area contributed by atoms with Gasteiger partial charge in [0.1, 0.15) is 12.4 Å². The molecule has 2 heterocycles. The van der Waals surface area contributed by atoms with E-state index < -0.39 is 5.79 Å². The van der Waals surface area contributed by atoms with Crippen LogP contribution in [0.5, 0.6) is 5.75 Å². The molecule has 1 saturated carbocycles. The van der Waals surface area contributed by atoms with Gasteiger partial charge in [-0.25, -0.2) is 0 Å². The summed E-state index contributed by atoms with van der Waals surface area (Å²) in [6.07, 6.45) is 3.15. The van der Waals surface area contributed by atoms with Crippen LogP contribution in [0.25, 0.3) is 0 Å². The molecule has 2 aliphatic heterocycles. The van der Waals surface area contributed by atoms with Gasteiger partial charge in [-0.2, -0.15) is 0 Å². The maximum Gasteiger partial charge on any atom is 0.254 e. The average molecular weight is 410 g/mol. The second-order valence-corrected chi connectivity index (χ2v) is 9.08. The fourth-order valence-corrected chi connectivity index (χ4v) is 4.78. The van der Waals surface area contributed by atoms with E-state index in [1.807, 2.05) is 25.1 Å². The van der Waals surface area contributed by atoms with Crippen LogP contribution < -0.4 is 4.74 Å². The molecule has 5 nitrogen and oxygen atoms in total. The number of hydrogen-bond donors (Lipinski definition) is 1. The number of nitrogens with zero attached hydrogens (tertiary/aromatic N) is 1. The zero-order chi connectivity index (χ0) is 21.4. The molecule has 0 atom stereocenters. The Kier molecular flexibility index (Phi) is 5.60. The lowest BCUT2D eigenvalue weighted by Gasteiger charge is -2.58. The van der Waals surface area contributed by atoms with Crippen molar-refractivity contribution >= 4 is 5.91 Å². The summed E-state index contributed by atoms with van der Waals surface area (Å²) in [5, 5.41) is 9.58. The van der Waals surface area contributed by atoms with E-state index in [4.69, 9.17) is 9.47 Å². The zero-order valence-electron chi connectivity index (χ0n) is 18.1. The Morgan fingerprint density at radius 1 is 1.17 bits per heavy atom. The number of rotatable bonds is 7. The lowest BCUT2D eigenvalue weighted by atomic mass is 9.57. The van der Waals surface area contributed by atoms with Crippen LogP contribution in [-0.2, 0) is 10.2 Å². The van der Waals surface area contributed by atoms with Crippen LogP contribution in [0.15, 0.2) is 48.5 Å². The van der Waals surface area contributed by atoms with Gasteiger partial charge in [-0.1, -0.05) is 30.3 Å². The molecule has 5 heteroatoms. The second kappa shape index (κ2) is 8.05. The molecule has 1 aliphatic carbocycles. The second-order valence-electron chi connectivity index (χ2n) is 9.08. The summed E-state index contributed by atoms with van der Waals surface area (Å²) in [7, 11) is 0. The first-order chi connectivity index (χ1) is 14.3. The predicted octanol–water partition coefficient (Wildman–Crippen LogP) is 4.07. The Labute approximate surface area is 178 Å². The van der Waals surface area contributed by atoms with Crippen molar-refractivity contribution in [2.24, 2.45) is 0 Å². The normalized spacial score (nSPS) is 23.1. The van der Waals surface area contributed by atoms with Crippen molar-refractivity contribution in [3.8, 4) is 5.75 Å². The molecule has 30 heavy (non-hydrogen) atoms. The highest BCUT2D eigenvalue weighted by Gasteiger charge is 2.52. The number of carbonyl (C=O) groups is 1. The van der Waals surface area contributed by atoms with Crippen LogP contribution in [0.2, 0.25) is 0 Å². The minimum Gasteiger partial charge on any atom is -0.491 e. The summed E-state index contributed by atoms with van der Waals surface area (Å²) in [6, 6.07) is 16.7. The number of aryl methyl sites for hydroxylation is 1. The molecule has 3 fully saturated rings. The molecule has 1 amide bonds. The summed E-state index contributed by atoms with van der Waals surface area (Å²) < 4.78 is 11.0. The van der Waals surface area contributed by atoms with E-state index in [-0.39, 0.29) is 11.3 Å². The van der Waals surface area contributed by atoms with Crippen LogP contribution >= 0.6 is 0 Å². The van der Waals surface area contributed by atoms with Crippen molar-refractivity contribution in [3.63, 3.8) is 0 Å². The van der Waals surface area contributed by atoms with Crippen molar-refractivity contribution in [2.75, 3.05) is 19.8 Å². The molecule has 0 spiro atoms. The number of benzene rings is 2. The molecule has 0 unspecified atom stereocenters. The zero-order valence-corrected chi connectivity index (χ0v) is 18.1. The van der Waals surface area contributed by atoms with Gasteiger partial charge in [0, 0.05) is 23.6 Å². The molecule has 0 aromatic heterocycles.